The fourth-order valence-electron chi connectivity index (χ4n) is 3.02. The lowest BCUT2D eigenvalue weighted by molar-refractivity contribution is 0.282. The molecule has 1 N–H and O–H groups in total. The van der Waals surface area contributed by atoms with Crippen molar-refractivity contribution in [3.8, 4) is 0 Å². The van der Waals surface area contributed by atoms with Crippen LogP contribution < -0.4 is 5.32 Å². The summed E-state index contributed by atoms with van der Waals surface area (Å²) in [7, 11) is 0. The maximum Gasteiger partial charge on any atom is 0.137 e. The van der Waals surface area contributed by atoms with Gasteiger partial charge in [-0.15, -0.1) is 0 Å². The highest BCUT2D eigenvalue weighted by molar-refractivity contribution is 6.30. The molecular formula is C16H23ClN4. The maximum atomic E-state index is 5.99. The SMILES string of the molecule is CC(CNCc1cn2cc(Cl)ccc2n1)CN1CCCC1. The Hall–Kier alpha value is -1.10. The highest BCUT2D eigenvalue weighted by Crippen LogP contribution is 2.12. The van der Waals surface area contributed by atoms with Crippen LogP contribution in [0.2, 0.25) is 5.02 Å². The van der Waals surface area contributed by atoms with Crippen LogP contribution >= 0.6 is 11.6 Å². The molecule has 4 nitrogen and oxygen atoms in total. The summed E-state index contributed by atoms with van der Waals surface area (Å²) in [4.78, 5) is 7.15. The third-order valence-electron chi connectivity index (χ3n) is 4.03. The Labute approximate surface area is 131 Å². The standard InChI is InChI=1S/C16H23ClN4/c1-13(10-20-6-2-3-7-20)8-18-9-15-12-21-11-14(17)4-5-16(21)19-15/h4-5,11-13,18H,2-3,6-10H2,1H3. The molecule has 0 saturated carbocycles. The maximum absolute atomic E-state index is 5.99. The zero-order valence-electron chi connectivity index (χ0n) is 12.6. The Morgan fingerprint density at radius 1 is 1.29 bits per heavy atom. The smallest absolute Gasteiger partial charge is 0.137 e. The fourth-order valence-corrected chi connectivity index (χ4v) is 3.19. The van der Waals surface area contributed by atoms with E-state index in [0.29, 0.717) is 5.92 Å². The molecular weight excluding hydrogens is 284 g/mol. The zero-order chi connectivity index (χ0) is 14.7. The summed E-state index contributed by atoms with van der Waals surface area (Å²) in [5, 5.41) is 4.25. The van der Waals surface area contributed by atoms with Crippen LogP contribution in [0.4, 0.5) is 0 Å². The van der Waals surface area contributed by atoms with Crippen molar-refractivity contribution in [1.29, 1.82) is 0 Å². The number of hydrogen-bond acceptors (Lipinski definition) is 3. The van der Waals surface area contributed by atoms with Gasteiger partial charge in [-0.25, -0.2) is 4.98 Å². The van der Waals surface area contributed by atoms with Crippen LogP contribution in [0.15, 0.2) is 24.5 Å². The van der Waals surface area contributed by atoms with Gasteiger partial charge in [-0.1, -0.05) is 18.5 Å². The van der Waals surface area contributed by atoms with E-state index in [9.17, 15) is 0 Å². The molecule has 3 rings (SSSR count). The van der Waals surface area contributed by atoms with Crippen molar-refractivity contribution in [2.75, 3.05) is 26.2 Å². The van der Waals surface area contributed by atoms with Gasteiger partial charge in [-0.2, -0.15) is 0 Å². The predicted octanol–water partition coefficient (Wildman–Crippen LogP) is 2.81. The van der Waals surface area contributed by atoms with Gasteiger partial charge in [0, 0.05) is 25.5 Å². The fraction of sp³-hybridized carbons (Fsp3) is 0.562. The lowest BCUT2D eigenvalue weighted by Gasteiger charge is -2.20. The summed E-state index contributed by atoms with van der Waals surface area (Å²) in [5.41, 5.74) is 2.01. The van der Waals surface area contributed by atoms with Crippen LogP contribution in [0, 0.1) is 5.92 Å². The predicted molar refractivity (Wildman–Crippen MR) is 86.7 cm³/mol. The first-order valence-electron chi connectivity index (χ1n) is 7.77. The summed E-state index contributed by atoms with van der Waals surface area (Å²) < 4.78 is 1.98. The molecule has 114 valence electrons. The van der Waals surface area contributed by atoms with E-state index in [0.717, 1.165) is 29.5 Å². The monoisotopic (exact) mass is 306 g/mol. The third kappa shape index (κ3) is 3.96. The topological polar surface area (TPSA) is 32.6 Å². The van der Waals surface area contributed by atoms with E-state index in [1.54, 1.807) is 0 Å². The highest BCUT2D eigenvalue weighted by atomic mass is 35.5. The number of likely N-dealkylation sites (tertiary alicyclic amines) is 1. The Morgan fingerprint density at radius 3 is 2.90 bits per heavy atom. The van der Waals surface area contributed by atoms with Crippen molar-refractivity contribution in [1.82, 2.24) is 19.6 Å². The molecule has 1 saturated heterocycles. The van der Waals surface area contributed by atoms with E-state index in [1.165, 1.54) is 32.5 Å². The molecule has 3 heterocycles. The van der Waals surface area contributed by atoms with Crippen molar-refractivity contribution in [3.05, 3.63) is 35.2 Å². The average molecular weight is 307 g/mol. The second kappa shape index (κ2) is 6.77. The lowest BCUT2D eigenvalue weighted by atomic mass is 10.1. The Balaban J connectivity index is 1.47. The first-order valence-corrected chi connectivity index (χ1v) is 8.15. The molecule has 0 spiro atoms. The van der Waals surface area contributed by atoms with Gasteiger partial charge in [0.25, 0.3) is 0 Å². The molecule has 1 aliphatic heterocycles. The second-order valence-electron chi connectivity index (χ2n) is 6.09. The number of halogens is 1. The van der Waals surface area contributed by atoms with Crippen LogP contribution in [0.25, 0.3) is 5.65 Å². The van der Waals surface area contributed by atoms with E-state index in [4.69, 9.17) is 11.6 Å². The summed E-state index contributed by atoms with van der Waals surface area (Å²) in [6, 6.07) is 3.82. The highest BCUT2D eigenvalue weighted by Gasteiger charge is 2.14. The van der Waals surface area contributed by atoms with Crippen LogP contribution in [0.1, 0.15) is 25.5 Å². The molecule has 1 unspecified atom stereocenters. The van der Waals surface area contributed by atoms with Crippen LogP contribution in [0.3, 0.4) is 0 Å². The summed E-state index contributed by atoms with van der Waals surface area (Å²) in [5.74, 6) is 0.676. The number of nitrogens with one attached hydrogen (secondary N) is 1. The molecule has 1 fully saturated rings. The van der Waals surface area contributed by atoms with Gasteiger partial charge in [0.05, 0.1) is 10.7 Å². The van der Waals surface area contributed by atoms with Gasteiger partial charge >= 0.3 is 0 Å². The van der Waals surface area contributed by atoms with Gasteiger partial charge in [-0.3, -0.25) is 0 Å². The molecule has 0 bridgehead atoms. The van der Waals surface area contributed by atoms with E-state index in [-0.39, 0.29) is 0 Å². The van der Waals surface area contributed by atoms with Crippen LogP contribution in [-0.4, -0.2) is 40.5 Å². The molecule has 0 radical (unpaired) electrons. The normalized spacial score (nSPS) is 17.6. The largest absolute Gasteiger partial charge is 0.311 e. The number of rotatable bonds is 6. The lowest BCUT2D eigenvalue weighted by Crippen LogP contribution is -2.31. The van der Waals surface area contributed by atoms with Crippen molar-refractivity contribution in [3.63, 3.8) is 0 Å². The Kier molecular flexibility index (Phi) is 4.78. The zero-order valence-corrected chi connectivity index (χ0v) is 13.3. The first-order chi connectivity index (χ1) is 10.2. The van der Waals surface area contributed by atoms with Crippen LogP contribution in [0.5, 0.6) is 0 Å². The quantitative estimate of drug-likeness (QED) is 0.891. The molecule has 2 aromatic rings. The van der Waals surface area contributed by atoms with E-state index in [1.807, 2.05) is 28.9 Å². The van der Waals surface area contributed by atoms with Gasteiger partial charge in [0.1, 0.15) is 5.65 Å². The number of aromatic nitrogens is 2. The number of imidazole rings is 1. The third-order valence-corrected chi connectivity index (χ3v) is 4.26. The summed E-state index contributed by atoms with van der Waals surface area (Å²) in [6.07, 6.45) is 6.66. The average Bonchev–Trinajstić information content (AvgIpc) is 3.07. The number of fused-ring (bicyclic) bond motifs is 1. The molecule has 21 heavy (non-hydrogen) atoms. The summed E-state index contributed by atoms with van der Waals surface area (Å²) >= 11 is 5.99. The van der Waals surface area contributed by atoms with Gasteiger partial charge in [0.2, 0.25) is 0 Å². The Morgan fingerprint density at radius 2 is 2.10 bits per heavy atom. The molecule has 0 aliphatic carbocycles. The van der Waals surface area contributed by atoms with Gasteiger partial charge in [-0.05, 0) is 50.5 Å². The molecule has 2 aromatic heterocycles. The first kappa shape index (κ1) is 14.8. The number of hydrogen-bond donors (Lipinski definition) is 1. The minimum Gasteiger partial charge on any atom is -0.311 e. The van der Waals surface area contributed by atoms with Gasteiger partial charge in [0.15, 0.2) is 0 Å². The second-order valence-corrected chi connectivity index (χ2v) is 6.53. The van der Waals surface area contributed by atoms with E-state index >= 15 is 0 Å². The number of nitrogens with zero attached hydrogens (tertiary/aromatic N) is 3. The van der Waals surface area contributed by atoms with Crippen LogP contribution in [-0.2, 0) is 6.54 Å². The molecule has 0 amide bonds. The van der Waals surface area contributed by atoms with Crippen molar-refractivity contribution in [2.45, 2.75) is 26.3 Å². The molecule has 0 aromatic carbocycles. The van der Waals surface area contributed by atoms with E-state index in [2.05, 4.69) is 22.1 Å². The Bertz CT molecular complexity index is 589. The minimum absolute atomic E-state index is 0.676. The number of pyridine rings is 1. The van der Waals surface area contributed by atoms with Crippen molar-refractivity contribution >= 4 is 17.2 Å². The van der Waals surface area contributed by atoms with Crippen molar-refractivity contribution < 1.29 is 0 Å². The molecule has 1 atom stereocenters. The molecule has 1 aliphatic rings. The van der Waals surface area contributed by atoms with E-state index < -0.39 is 0 Å². The van der Waals surface area contributed by atoms with Gasteiger partial charge < -0.3 is 14.6 Å². The van der Waals surface area contributed by atoms with Crippen molar-refractivity contribution in [2.24, 2.45) is 5.92 Å². The molecule has 5 heteroatoms. The minimum atomic E-state index is 0.676. The summed E-state index contributed by atoms with van der Waals surface area (Å²) in [6.45, 7) is 7.91.